The molecule has 2 aromatic carbocycles. The van der Waals surface area contributed by atoms with Gasteiger partial charge >= 0.3 is 0 Å². The molecule has 0 aliphatic heterocycles. The highest BCUT2D eigenvalue weighted by Crippen LogP contribution is 2.31. The van der Waals surface area contributed by atoms with Crippen molar-refractivity contribution in [2.45, 2.75) is 142 Å². The van der Waals surface area contributed by atoms with E-state index in [4.69, 9.17) is 4.74 Å². The summed E-state index contributed by atoms with van der Waals surface area (Å²) in [7, 11) is 0. The first-order valence-corrected chi connectivity index (χ1v) is 18.1. The Hall–Kier alpha value is -2.12. The highest BCUT2D eigenvalue weighted by atomic mass is 16.5. The van der Waals surface area contributed by atoms with Crippen molar-refractivity contribution in [3.05, 3.63) is 94.1 Å². The van der Waals surface area contributed by atoms with Crippen molar-refractivity contribution in [2.24, 2.45) is 11.8 Å². The van der Waals surface area contributed by atoms with Gasteiger partial charge in [0.05, 0.1) is 0 Å². The fourth-order valence-electron chi connectivity index (χ4n) is 6.96. The van der Waals surface area contributed by atoms with Crippen molar-refractivity contribution < 1.29 is 4.74 Å². The average Bonchev–Trinajstić information content (AvgIpc) is 3.03. The Bertz CT molecular complexity index is 1010. The number of aryl methyl sites for hydroxylation is 2. The Morgan fingerprint density at radius 1 is 0.558 bits per heavy atom. The normalized spacial score (nSPS) is 19.1. The Labute approximate surface area is 265 Å². The molecule has 4 rings (SSSR count). The van der Waals surface area contributed by atoms with Crippen molar-refractivity contribution in [3.8, 4) is 0 Å². The zero-order valence-electron chi connectivity index (χ0n) is 28.2. The Kier molecular flexibility index (Phi) is 14.6. The Morgan fingerprint density at radius 2 is 0.977 bits per heavy atom. The first kappa shape index (κ1) is 33.8. The van der Waals surface area contributed by atoms with E-state index in [2.05, 4.69) is 88.4 Å². The molecule has 0 amide bonds. The molecule has 0 heterocycles. The largest absolute Gasteiger partial charge is 0.381 e. The summed E-state index contributed by atoms with van der Waals surface area (Å²) >= 11 is 0. The number of hydrogen-bond donors (Lipinski definition) is 0. The number of allylic oxidation sites excluding steroid dienone is 4. The molecule has 2 aliphatic rings. The summed E-state index contributed by atoms with van der Waals surface area (Å²) in [6.45, 7) is 11.0. The smallest absolute Gasteiger partial charge is 0.0466 e. The van der Waals surface area contributed by atoms with Gasteiger partial charge in [0.1, 0.15) is 0 Å². The summed E-state index contributed by atoms with van der Waals surface area (Å²) in [5.74, 6) is 3.00. The molecule has 0 saturated carbocycles. The highest BCUT2D eigenvalue weighted by molar-refractivity contribution is 5.26. The minimum Gasteiger partial charge on any atom is -0.381 e. The molecule has 43 heavy (non-hydrogen) atoms. The molecule has 0 radical (unpaired) electrons. The van der Waals surface area contributed by atoms with Crippen LogP contribution in [0.5, 0.6) is 0 Å². The van der Waals surface area contributed by atoms with Gasteiger partial charge in [-0.1, -0.05) is 99.5 Å². The van der Waals surface area contributed by atoms with Gasteiger partial charge in [0.15, 0.2) is 0 Å². The van der Waals surface area contributed by atoms with Crippen molar-refractivity contribution >= 4 is 0 Å². The summed E-state index contributed by atoms with van der Waals surface area (Å²) in [6.07, 6.45) is 25.8. The molecular formula is C42H62O. The molecule has 1 heteroatoms. The van der Waals surface area contributed by atoms with Crippen LogP contribution in [0.2, 0.25) is 0 Å². The van der Waals surface area contributed by atoms with Crippen LogP contribution in [-0.2, 0) is 17.6 Å². The third-order valence-corrected chi connectivity index (χ3v) is 10.3. The van der Waals surface area contributed by atoms with Crippen LogP contribution in [0.25, 0.3) is 0 Å². The second kappa shape index (κ2) is 18.6. The molecule has 236 valence electrons. The van der Waals surface area contributed by atoms with Gasteiger partial charge in [-0.3, -0.25) is 0 Å². The van der Waals surface area contributed by atoms with Crippen molar-refractivity contribution in [1.29, 1.82) is 0 Å². The van der Waals surface area contributed by atoms with E-state index in [0.717, 1.165) is 25.0 Å². The van der Waals surface area contributed by atoms with Gasteiger partial charge in [0.2, 0.25) is 0 Å². The molecule has 0 spiro atoms. The number of rotatable bonds is 18. The molecule has 0 fully saturated rings. The summed E-state index contributed by atoms with van der Waals surface area (Å²) in [5.41, 5.74) is 9.34. The van der Waals surface area contributed by atoms with E-state index in [1.165, 1.54) is 125 Å². The minimum atomic E-state index is 0.625. The van der Waals surface area contributed by atoms with Gasteiger partial charge in [-0.05, 0) is 149 Å². The molecule has 0 aromatic heterocycles. The number of ether oxygens (including phenoxy) is 1. The van der Waals surface area contributed by atoms with Crippen LogP contribution in [0.3, 0.4) is 0 Å². The monoisotopic (exact) mass is 582 g/mol. The molecule has 1 nitrogen and oxygen atoms in total. The number of benzene rings is 2. The Balaban J connectivity index is 0.960. The van der Waals surface area contributed by atoms with Crippen LogP contribution in [-0.4, -0.2) is 13.2 Å². The van der Waals surface area contributed by atoms with Crippen molar-refractivity contribution in [3.63, 3.8) is 0 Å². The highest BCUT2D eigenvalue weighted by Gasteiger charge is 2.16. The zero-order valence-corrected chi connectivity index (χ0v) is 28.2. The topological polar surface area (TPSA) is 9.23 Å². The lowest BCUT2D eigenvalue weighted by molar-refractivity contribution is 0.126. The summed E-state index contributed by atoms with van der Waals surface area (Å²) < 4.78 is 6.00. The maximum Gasteiger partial charge on any atom is 0.0466 e. The van der Waals surface area contributed by atoms with Crippen molar-refractivity contribution in [2.75, 3.05) is 13.2 Å². The van der Waals surface area contributed by atoms with Gasteiger partial charge in [0.25, 0.3) is 0 Å². The molecule has 2 aromatic rings. The fourth-order valence-corrected chi connectivity index (χ4v) is 6.96. The van der Waals surface area contributed by atoms with Crippen LogP contribution in [0, 0.1) is 11.8 Å². The Morgan fingerprint density at radius 3 is 1.33 bits per heavy atom. The van der Waals surface area contributed by atoms with E-state index >= 15 is 0 Å². The maximum absolute atomic E-state index is 6.00. The minimum absolute atomic E-state index is 0.625. The van der Waals surface area contributed by atoms with Gasteiger partial charge in [-0.25, -0.2) is 0 Å². The third-order valence-electron chi connectivity index (χ3n) is 10.3. The van der Waals surface area contributed by atoms with Crippen LogP contribution in [0.4, 0.5) is 0 Å². The fraction of sp³-hybridized carbons (Fsp3) is 0.619. The van der Waals surface area contributed by atoms with E-state index in [0.29, 0.717) is 11.8 Å². The molecular weight excluding hydrogens is 520 g/mol. The van der Waals surface area contributed by atoms with E-state index in [1.807, 2.05) is 0 Å². The van der Waals surface area contributed by atoms with Gasteiger partial charge in [-0.15, -0.1) is 0 Å². The molecule has 2 unspecified atom stereocenters. The molecule has 2 atom stereocenters. The lowest BCUT2D eigenvalue weighted by atomic mass is 9.84. The van der Waals surface area contributed by atoms with Crippen LogP contribution in [0.15, 0.2) is 71.8 Å². The summed E-state index contributed by atoms with van der Waals surface area (Å²) in [4.78, 5) is 0. The summed E-state index contributed by atoms with van der Waals surface area (Å²) in [6, 6.07) is 18.7. The SMILES string of the molecule is CC(C)c1ccc(CCC2CC=C(CCCCOCCCCC3=CCC(CCc4ccc(C(C)C)cc4)CC3)CC2)cc1. The quantitative estimate of drug-likeness (QED) is 0.125. The predicted molar refractivity (Wildman–Crippen MR) is 187 cm³/mol. The van der Waals surface area contributed by atoms with Crippen LogP contribution < -0.4 is 0 Å². The second-order valence-electron chi connectivity index (χ2n) is 14.4. The third kappa shape index (κ3) is 12.4. The molecule has 0 N–H and O–H groups in total. The first-order chi connectivity index (χ1) is 21.0. The number of hydrogen-bond acceptors (Lipinski definition) is 1. The van der Waals surface area contributed by atoms with Crippen LogP contribution in [0.1, 0.15) is 152 Å². The molecule has 2 aliphatic carbocycles. The zero-order chi connectivity index (χ0) is 30.3. The van der Waals surface area contributed by atoms with Crippen LogP contribution >= 0.6 is 0 Å². The maximum atomic E-state index is 6.00. The van der Waals surface area contributed by atoms with E-state index < -0.39 is 0 Å². The second-order valence-corrected chi connectivity index (χ2v) is 14.4. The standard InChI is InChI=1S/C42H62O/c1-33(2)41-27-23-39(24-28-41)21-19-37-15-11-35(12-16-37)9-5-7-31-43-32-8-6-10-36-13-17-38(18-14-36)20-22-40-25-29-42(30-26-40)34(3)4/h11,13,23-30,33-34,37-38H,5-10,12,14-22,31-32H2,1-4H3. The molecule has 0 bridgehead atoms. The van der Waals surface area contributed by atoms with E-state index in [1.54, 1.807) is 11.1 Å². The average molecular weight is 583 g/mol. The summed E-state index contributed by atoms with van der Waals surface area (Å²) in [5, 5.41) is 0. The lowest BCUT2D eigenvalue weighted by Crippen LogP contribution is -2.08. The van der Waals surface area contributed by atoms with Gasteiger partial charge < -0.3 is 4.74 Å². The van der Waals surface area contributed by atoms with Gasteiger partial charge in [-0.2, -0.15) is 0 Å². The molecule has 0 saturated heterocycles. The van der Waals surface area contributed by atoms with E-state index in [-0.39, 0.29) is 0 Å². The first-order valence-electron chi connectivity index (χ1n) is 18.1. The van der Waals surface area contributed by atoms with Crippen molar-refractivity contribution in [1.82, 2.24) is 0 Å². The van der Waals surface area contributed by atoms with E-state index in [9.17, 15) is 0 Å². The predicted octanol–water partition coefficient (Wildman–Crippen LogP) is 12.3. The number of unbranched alkanes of at least 4 members (excludes halogenated alkanes) is 2. The lowest BCUT2D eigenvalue weighted by Gasteiger charge is -2.22. The van der Waals surface area contributed by atoms with Gasteiger partial charge in [0, 0.05) is 13.2 Å².